The Bertz CT molecular complexity index is 95.9. The van der Waals surface area contributed by atoms with E-state index in [0.717, 1.165) is 0 Å². The Labute approximate surface area is 54.1 Å². The molecule has 0 saturated heterocycles. The molecule has 1 atom stereocenters. The Hall–Kier alpha value is -0.133. The van der Waals surface area contributed by atoms with Gasteiger partial charge in [-0.15, -0.1) is 28.5 Å². The molecule has 0 aromatic heterocycles. The molecule has 0 spiro atoms. The molecule has 0 rings (SSSR count). The van der Waals surface area contributed by atoms with Gasteiger partial charge in [-0.2, -0.15) is 0 Å². The molecule has 0 aliphatic heterocycles. The van der Waals surface area contributed by atoms with Crippen LogP contribution in [-0.4, -0.2) is 7.74 Å². The molecule has 0 aromatic rings. The Morgan fingerprint density at radius 1 is 1.00 bits per heavy atom. The standard InChI is InChI=1S/C6H11PSi/c1-4-8(7,5-2)6-3/h4-6H,1-3,7H2. The van der Waals surface area contributed by atoms with Crippen molar-refractivity contribution in [1.82, 2.24) is 0 Å². The molecule has 0 aromatic carbocycles. The minimum Gasteiger partial charge on any atom is -0.137 e. The van der Waals surface area contributed by atoms with Crippen LogP contribution in [0.25, 0.3) is 0 Å². The highest BCUT2D eigenvalue weighted by Gasteiger charge is 2.11. The number of rotatable bonds is 3. The van der Waals surface area contributed by atoms with Gasteiger partial charge in [0.1, 0.15) is 7.74 Å². The van der Waals surface area contributed by atoms with E-state index in [9.17, 15) is 0 Å². The largest absolute Gasteiger partial charge is 0.145 e. The Kier molecular flexibility index (Phi) is 2.96. The van der Waals surface area contributed by atoms with E-state index < -0.39 is 7.74 Å². The third-order valence-corrected chi connectivity index (χ3v) is 5.30. The molecule has 0 amide bonds. The summed E-state index contributed by atoms with van der Waals surface area (Å²) in [7, 11) is 1.27. The molecule has 0 radical (unpaired) electrons. The third-order valence-electron chi connectivity index (χ3n) is 1.06. The van der Waals surface area contributed by atoms with Crippen molar-refractivity contribution in [3.8, 4) is 0 Å². The minimum atomic E-state index is -1.46. The van der Waals surface area contributed by atoms with Crippen molar-refractivity contribution >= 4 is 16.5 Å². The Balaban J connectivity index is 4.18. The van der Waals surface area contributed by atoms with Gasteiger partial charge in [-0.05, 0) is 0 Å². The summed E-state index contributed by atoms with van der Waals surface area (Å²) in [4.78, 5) is 0. The van der Waals surface area contributed by atoms with Crippen molar-refractivity contribution in [2.24, 2.45) is 0 Å². The lowest BCUT2D eigenvalue weighted by molar-refractivity contribution is 2.22. The lowest BCUT2D eigenvalue weighted by Gasteiger charge is -2.09. The molecule has 0 fully saturated rings. The van der Waals surface area contributed by atoms with Crippen molar-refractivity contribution in [3.05, 3.63) is 36.8 Å². The zero-order valence-electron chi connectivity index (χ0n) is 4.93. The lowest BCUT2D eigenvalue weighted by Crippen LogP contribution is -2.15. The molecule has 0 nitrogen and oxygen atoms in total. The fraction of sp³-hybridized carbons (Fsp3) is 0. The maximum absolute atomic E-state index is 3.67. The molecule has 0 aliphatic carbocycles. The average Bonchev–Trinajstić information content (AvgIpc) is 1.87. The van der Waals surface area contributed by atoms with Crippen LogP contribution in [0.1, 0.15) is 0 Å². The summed E-state index contributed by atoms with van der Waals surface area (Å²) in [6, 6.07) is 0. The molecule has 44 valence electrons. The average molecular weight is 142 g/mol. The lowest BCUT2D eigenvalue weighted by atomic mass is 11.2. The normalized spacial score (nSPS) is 10.1. The van der Waals surface area contributed by atoms with Crippen molar-refractivity contribution < 1.29 is 0 Å². The van der Waals surface area contributed by atoms with E-state index in [0.29, 0.717) is 0 Å². The molecule has 2 heteroatoms. The highest BCUT2D eigenvalue weighted by molar-refractivity contribution is 7.73. The van der Waals surface area contributed by atoms with Gasteiger partial charge in [-0.1, -0.05) is 17.1 Å². The van der Waals surface area contributed by atoms with E-state index in [4.69, 9.17) is 0 Å². The van der Waals surface area contributed by atoms with Gasteiger partial charge in [0.2, 0.25) is 0 Å². The summed E-state index contributed by atoms with van der Waals surface area (Å²) in [6.07, 6.45) is 0. The minimum absolute atomic E-state index is 1.46. The van der Waals surface area contributed by atoms with E-state index in [2.05, 4.69) is 28.5 Å². The molecule has 0 heterocycles. The number of hydrogen-bond donors (Lipinski definition) is 0. The van der Waals surface area contributed by atoms with Gasteiger partial charge in [-0.3, -0.25) is 0 Å². The van der Waals surface area contributed by atoms with Crippen LogP contribution in [0.4, 0.5) is 0 Å². The van der Waals surface area contributed by atoms with Gasteiger partial charge in [0, 0.05) is 0 Å². The van der Waals surface area contributed by atoms with Crippen molar-refractivity contribution in [2.45, 2.75) is 0 Å². The first-order chi connectivity index (χ1) is 3.68. The third kappa shape index (κ3) is 1.77. The second-order valence-electron chi connectivity index (χ2n) is 1.61. The van der Waals surface area contributed by atoms with Crippen LogP contribution in [-0.2, 0) is 0 Å². The van der Waals surface area contributed by atoms with Gasteiger partial charge in [0.05, 0.1) is 0 Å². The van der Waals surface area contributed by atoms with Crippen LogP contribution in [0, 0.1) is 0 Å². The van der Waals surface area contributed by atoms with Crippen LogP contribution >= 0.6 is 8.79 Å². The first kappa shape index (κ1) is 7.87. The van der Waals surface area contributed by atoms with Gasteiger partial charge in [0.25, 0.3) is 0 Å². The van der Waals surface area contributed by atoms with Gasteiger partial charge in [-0.25, -0.2) is 0 Å². The van der Waals surface area contributed by atoms with Crippen molar-refractivity contribution in [3.63, 3.8) is 0 Å². The fourth-order valence-corrected chi connectivity index (χ4v) is 0.750. The van der Waals surface area contributed by atoms with Crippen LogP contribution in [0.2, 0.25) is 0 Å². The van der Waals surface area contributed by atoms with Gasteiger partial charge in [0.15, 0.2) is 0 Å². The smallest absolute Gasteiger partial charge is 0.137 e. The van der Waals surface area contributed by atoms with E-state index in [1.54, 1.807) is 0 Å². The van der Waals surface area contributed by atoms with Crippen LogP contribution in [0.5, 0.6) is 0 Å². The summed E-state index contributed by atoms with van der Waals surface area (Å²) in [5, 5.41) is 0. The molecule has 0 saturated carbocycles. The van der Waals surface area contributed by atoms with Crippen molar-refractivity contribution in [2.75, 3.05) is 0 Å². The zero-order valence-corrected chi connectivity index (χ0v) is 7.09. The molecular formula is C6H11PSi. The van der Waals surface area contributed by atoms with Gasteiger partial charge < -0.3 is 0 Å². The highest BCUT2D eigenvalue weighted by Crippen LogP contribution is 2.14. The van der Waals surface area contributed by atoms with E-state index in [-0.39, 0.29) is 0 Å². The second-order valence-corrected chi connectivity index (χ2v) is 7.84. The topological polar surface area (TPSA) is 0 Å². The van der Waals surface area contributed by atoms with E-state index in [1.807, 2.05) is 17.1 Å². The predicted molar refractivity (Wildman–Crippen MR) is 46.1 cm³/mol. The molecule has 0 aliphatic rings. The zero-order chi connectivity index (χ0) is 6.62. The molecule has 0 bridgehead atoms. The molecule has 1 unspecified atom stereocenters. The summed E-state index contributed by atoms with van der Waals surface area (Å²) in [6.45, 7) is 11.0. The molecule has 8 heavy (non-hydrogen) atoms. The maximum Gasteiger partial charge on any atom is 0.145 e. The Morgan fingerprint density at radius 3 is 1.25 bits per heavy atom. The summed E-state index contributed by atoms with van der Waals surface area (Å²) in [5.41, 5.74) is 5.74. The first-order valence-electron chi connectivity index (χ1n) is 2.38. The summed E-state index contributed by atoms with van der Waals surface area (Å²) < 4.78 is 0. The SMILES string of the molecule is C=C[Si](P)(C=C)C=C. The quantitative estimate of drug-likeness (QED) is 0.417. The summed E-state index contributed by atoms with van der Waals surface area (Å²) >= 11 is 0. The first-order valence-corrected chi connectivity index (χ1v) is 6.42. The second kappa shape index (κ2) is 3.01. The van der Waals surface area contributed by atoms with Gasteiger partial charge >= 0.3 is 0 Å². The summed E-state index contributed by atoms with van der Waals surface area (Å²) in [5.74, 6) is 0. The highest BCUT2D eigenvalue weighted by atomic mass is 31.3. The van der Waals surface area contributed by atoms with Crippen LogP contribution < -0.4 is 0 Å². The maximum atomic E-state index is 3.67. The van der Waals surface area contributed by atoms with E-state index in [1.165, 1.54) is 0 Å². The monoisotopic (exact) mass is 142 g/mol. The van der Waals surface area contributed by atoms with Crippen LogP contribution in [0.3, 0.4) is 0 Å². The predicted octanol–water partition coefficient (Wildman–Crippen LogP) is 1.98. The number of hydrogen-bond acceptors (Lipinski definition) is 0. The van der Waals surface area contributed by atoms with E-state index >= 15 is 0 Å². The molecule has 0 N–H and O–H groups in total. The fourth-order valence-electron chi connectivity index (χ4n) is 0.250. The molecular weight excluding hydrogens is 131 g/mol. The van der Waals surface area contributed by atoms with Crippen LogP contribution in [0.15, 0.2) is 36.8 Å². The van der Waals surface area contributed by atoms with Crippen molar-refractivity contribution in [1.29, 1.82) is 0 Å². The Morgan fingerprint density at radius 2 is 1.25 bits per heavy atom.